The number of rotatable bonds is 5. The standard InChI is InChI=1S/C20H18N4O4S/c1-28-14-8-6-13(7-9-14)20(23-18(26)11-29-20)22-17(25)10-24-12-21-16-5-3-2-4-15(16)19(24)27/h2-9,12H,10-11H2,1H3,(H,22,25)(H,23,26). The van der Waals surface area contributed by atoms with Crippen molar-refractivity contribution >= 4 is 34.5 Å². The third-order valence-electron chi connectivity index (χ3n) is 4.59. The van der Waals surface area contributed by atoms with Crippen molar-refractivity contribution in [2.24, 2.45) is 0 Å². The first kappa shape index (κ1) is 19.0. The topological polar surface area (TPSA) is 102 Å². The zero-order valence-electron chi connectivity index (χ0n) is 15.5. The Balaban J connectivity index is 1.60. The number of amides is 2. The predicted molar refractivity (Wildman–Crippen MR) is 109 cm³/mol. The molecule has 1 aliphatic heterocycles. The summed E-state index contributed by atoms with van der Waals surface area (Å²) in [6.07, 6.45) is 1.35. The molecule has 2 amide bonds. The summed E-state index contributed by atoms with van der Waals surface area (Å²) in [5.41, 5.74) is 0.973. The number of hydrogen-bond acceptors (Lipinski definition) is 6. The third-order valence-corrected chi connectivity index (χ3v) is 5.87. The van der Waals surface area contributed by atoms with Crippen LogP contribution in [0.3, 0.4) is 0 Å². The normalized spacial score (nSPS) is 18.4. The Kier molecular flexibility index (Phi) is 4.98. The smallest absolute Gasteiger partial charge is 0.261 e. The molecule has 8 nitrogen and oxygen atoms in total. The summed E-state index contributed by atoms with van der Waals surface area (Å²) in [5, 5.41) is 6.14. The van der Waals surface area contributed by atoms with Crippen LogP contribution in [0.4, 0.5) is 0 Å². The number of thioether (sulfide) groups is 1. The van der Waals surface area contributed by atoms with Gasteiger partial charge in [-0.2, -0.15) is 0 Å². The summed E-state index contributed by atoms with van der Waals surface area (Å²) in [6.45, 7) is -0.217. The second kappa shape index (κ2) is 7.59. The van der Waals surface area contributed by atoms with Crippen molar-refractivity contribution in [2.45, 2.75) is 11.5 Å². The Labute approximate surface area is 170 Å². The second-order valence-electron chi connectivity index (χ2n) is 6.49. The molecule has 2 aromatic carbocycles. The molecule has 0 saturated carbocycles. The predicted octanol–water partition coefficient (Wildman–Crippen LogP) is 1.19. The maximum atomic E-state index is 12.8. The van der Waals surface area contributed by atoms with E-state index in [0.717, 1.165) is 0 Å². The van der Waals surface area contributed by atoms with E-state index in [1.54, 1.807) is 55.6 Å². The number of carbonyl (C=O) groups excluding carboxylic acids is 2. The quantitative estimate of drug-likeness (QED) is 0.655. The van der Waals surface area contributed by atoms with Crippen LogP contribution in [0.15, 0.2) is 59.7 Å². The van der Waals surface area contributed by atoms with Crippen molar-refractivity contribution in [1.82, 2.24) is 20.2 Å². The summed E-state index contributed by atoms with van der Waals surface area (Å²) in [7, 11) is 1.56. The summed E-state index contributed by atoms with van der Waals surface area (Å²) >= 11 is 1.27. The van der Waals surface area contributed by atoms with Gasteiger partial charge in [0.15, 0.2) is 4.99 Å². The lowest BCUT2D eigenvalue weighted by molar-refractivity contribution is -0.124. The molecule has 4 rings (SSSR count). The average Bonchev–Trinajstić information content (AvgIpc) is 3.11. The van der Waals surface area contributed by atoms with Gasteiger partial charge in [0.1, 0.15) is 12.3 Å². The average molecular weight is 410 g/mol. The Morgan fingerprint density at radius 3 is 2.69 bits per heavy atom. The number of nitrogens with zero attached hydrogens (tertiary/aromatic N) is 2. The zero-order valence-corrected chi connectivity index (χ0v) is 16.4. The molecule has 0 spiro atoms. The number of ether oxygens (including phenoxy) is 1. The molecule has 29 heavy (non-hydrogen) atoms. The molecule has 1 fully saturated rings. The zero-order chi connectivity index (χ0) is 20.4. The van der Waals surface area contributed by atoms with Gasteiger partial charge in [-0.05, 0) is 24.3 Å². The van der Waals surface area contributed by atoms with E-state index < -0.39 is 10.9 Å². The fraction of sp³-hybridized carbons (Fsp3) is 0.200. The Bertz CT molecular complexity index is 1150. The number of para-hydroxylation sites is 1. The van der Waals surface area contributed by atoms with Gasteiger partial charge in [0.2, 0.25) is 11.8 Å². The highest BCUT2D eigenvalue weighted by molar-refractivity contribution is 8.01. The lowest BCUT2D eigenvalue weighted by Gasteiger charge is -2.30. The first-order valence-electron chi connectivity index (χ1n) is 8.85. The number of aromatic nitrogens is 2. The molecule has 0 aliphatic carbocycles. The maximum absolute atomic E-state index is 12.8. The number of hydrogen-bond donors (Lipinski definition) is 2. The van der Waals surface area contributed by atoms with Crippen molar-refractivity contribution in [3.63, 3.8) is 0 Å². The van der Waals surface area contributed by atoms with E-state index in [1.807, 2.05) is 0 Å². The van der Waals surface area contributed by atoms with E-state index in [2.05, 4.69) is 15.6 Å². The minimum Gasteiger partial charge on any atom is -0.497 e. The van der Waals surface area contributed by atoms with E-state index in [1.165, 1.54) is 22.7 Å². The van der Waals surface area contributed by atoms with Crippen molar-refractivity contribution in [3.05, 3.63) is 70.8 Å². The molecule has 2 N–H and O–H groups in total. The third kappa shape index (κ3) is 3.68. The number of benzene rings is 2. The highest BCUT2D eigenvalue weighted by Crippen LogP contribution is 2.36. The lowest BCUT2D eigenvalue weighted by atomic mass is 10.1. The van der Waals surface area contributed by atoms with Gasteiger partial charge in [0.05, 0.1) is 30.1 Å². The molecule has 2 heterocycles. The van der Waals surface area contributed by atoms with Gasteiger partial charge in [-0.1, -0.05) is 36.0 Å². The van der Waals surface area contributed by atoms with E-state index in [0.29, 0.717) is 22.2 Å². The highest BCUT2D eigenvalue weighted by Gasteiger charge is 2.41. The summed E-state index contributed by atoms with van der Waals surface area (Å²) < 4.78 is 6.42. The molecule has 1 aliphatic rings. The van der Waals surface area contributed by atoms with Gasteiger partial charge >= 0.3 is 0 Å². The fourth-order valence-electron chi connectivity index (χ4n) is 3.17. The minimum atomic E-state index is -1.10. The number of nitrogens with one attached hydrogen (secondary N) is 2. The van der Waals surface area contributed by atoms with Gasteiger partial charge < -0.3 is 15.4 Å². The van der Waals surface area contributed by atoms with Gasteiger partial charge in [0.25, 0.3) is 5.56 Å². The van der Waals surface area contributed by atoms with E-state index in [4.69, 9.17) is 4.74 Å². The second-order valence-corrected chi connectivity index (χ2v) is 7.68. The van der Waals surface area contributed by atoms with Gasteiger partial charge in [0, 0.05) is 5.56 Å². The van der Waals surface area contributed by atoms with Gasteiger partial charge in [-0.3, -0.25) is 19.0 Å². The van der Waals surface area contributed by atoms with E-state index in [-0.39, 0.29) is 23.8 Å². The summed E-state index contributed by atoms with van der Waals surface area (Å²) in [4.78, 5) is 40.5. The highest BCUT2D eigenvalue weighted by atomic mass is 32.2. The van der Waals surface area contributed by atoms with Crippen LogP contribution < -0.4 is 20.9 Å². The Morgan fingerprint density at radius 2 is 2.00 bits per heavy atom. The van der Waals surface area contributed by atoms with Crippen LogP contribution >= 0.6 is 11.8 Å². The van der Waals surface area contributed by atoms with E-state index >= 15 is 0 Å². The van der Waals surface area contributed by atoms with Gasteiger partial charge in [-0.25, -0.2) is 4.98 Å². The molecule has 1 saturated heterocycles. The lowest BCUT2D eigenvalue weighted by Crippen LogP contribution is -2.53. The minimum absolute atomic E-state index is 0.185. The largest absolute Gasteiger partial charge is 0.497 e. The number of carbonyl (C=O) groups is 2. The first-order chi connectivity index (χ1) is 14.0. The van der Waals surface area contributed by atoms with Crippen molar-refractivity contribution in [3.8, 4) is 5.75 Å². The summed E-state index contributed by atoms with van der Waals surface area (Å²) in [6, 6.07) is 14.0. The molecule has 0 bridgehead atoms. The number of fused-ring (bicyclic) bond motifs is 1. The molecule has 1 aromatic heterocycles. The van der Waals surface area contributed by atoms with Crippen molar-refractivity contribution in [2.75, 3.05) is 12.9 Å². The molecular weight excluding hydrogens is 392 g/mol. The maximum Gasteiger partial charge on any atom is 0.261 e. The van der Waals surface area contributed by atoms with Crippen LogP contribution in [-0.2, 0) is 21.1 Å². The Hall–Kier alpha value is -3.33. The van der Waals surface area contributed by atoms with Crippen LogP contribution in [-0.4, -0.2) is 34.2 Å². The Morgan fingerprint density at radius 1 is 1.24 bits per heavy atom. The molecule has 0 radical (unpaired) electrons. The monoisotopic (exact) mass is 410 g/mol. The van der Waals surface area contributed by atoms with Crippen LogP contribution in [0.5, 0.6) is 5.75 Å². The van der Waals surface area contributed by atoms with Crippen LogP contribution in [0.25, 0.3) is 10.9 Å². The first-order valence-corrected chi connectivity index (χ1v) is 9.84. The van der Waals surface area contributed by atoms with Crippen molar-refractivity contribution in [1.29, 1.82) is 0 Å². The van der Waals surface area contributed by atoms with Crippen LogP contribution in [0.1, 0.15) is 5.56 Å². The molecular formula is C20H18N4O4S. The SMILES string of the molecule is COc1ccc(C2(NC(=O)Cn3cnc4ccccc4c3=O)NC(=O)CS2)cc1. The van der Waals surface area contributed by atoms with Crippen LogP contribution in [0, 0.1) is 0 Å². The van der Waals surface area contributed by atoms with E-state index in [9.17, 15) is 14.4 Å². The number of methoxy groups -OCH3 is 1. The molecule has 1 unspecified atom stereocenters. The molecule has 148 valence electrons. The molecule has 3 aromatic rings. The van der Waals surface area contributed by atoms with Crippen molar-refractivity contribution < 1.29 is 14.3 Å². The molecule has 1 atom stereocenters. The molecule has 9 heteroatoms. The summed E-state index contributed by atoms with van der Waals surface area (Å²) in [5.74, 6) is 0.271. The fourth-order valence-corrected chi connectivity index (χ4v) is 4.27. The van der Waals surface area contributed by atoms with Crippen LogP contribution in [0.2, 0.25) is 0 Å². The van der Waals surface area contributed by atoms with Gasteiger partial charge in [-0.15, -0.1) is 0 Å².